The van der Waals surface area contributed by atoms with Gasteiger partial charge in [0.2, 0.25) is 6.79 Å². The van der Waals surface area contributed by atoms with Gasteiger partial charge in [-0.1, -0.05) is 17.2 Å². The summed E-state index contributed by atoms with van der Waals surface area (Å²) in [5, 5.41) is 0. The second-order valence-electron chi connectivity index (χ2n) is 5.20. The largest absolute Gasteiger partial charge is 0.489 e. The van der Waals surface area contributed by atoms with Gasteiger partial charge in [0.25, 0.3) is 0 Å². The fourth-order valence-electron chi connectivity index (χ4n) is 1.94. The van der Waals surface area contributed by atoms with Gasteiger partial charge in [-0.2, -0.15) is 0 Å². The van der Waals surface area contributed by atoms with E-state index >= 15 is 0 Å². The van der Waals surface area contributed by atoms with Crippen molar-refractivity contribution in [1.29, 1.82) is 0 Å². The summed E-state index contributed by atoms with van der Waals surface area (Å²) in [6.07, 6.45) is 6.56. The Bertz CT molecular complexity index is 511. The van der Waals surface area contributed by atoms with Crippen LogP contribution in [-0.2, 0) is 0 Å². The van der Waals surface area contributed by atoms with Crippen molar-refractivity contribution in [3.63, 3.8) is 0 Å². The molecule has 1 heterocycles. The maximum Gasteiger partial charge on any atom is 0.231 e. The van der Waals surface area contributed by atoms with Gasteiger partial charge >= 0.3 is 0 Å². The fraction of sp³-hybridized carbons (Fsp3) is 0.412. The molecule has 0 N–H and O–H groups in total. The minimum atomic E-state index is 0.294. The molecule has 0 amide bonds. The molecular formula is C17H22O3. The average molecular weight is 274 g/mol. The molecule has 1 aromatic rings. The van der Waals surface area contributed by atoms with Crippen molar-refractivity contribution in [1.82, 2.24) is 0 Å². The van der Waals surface area contributed by atoms with Gasteiger partial charge in [-0.05, 0) is 51.8 Å². The topological polar surface area (TPSA) is 27.7 Å². The smallest absolute Gasteiger partial charge is 0.231 e. The van der Waals surface area contributed by atoms with Crippen molar-refractivity contribution in [2.75, 3.05) is 13.4 Å². The van der Waals surface area contributed by atoms with Gasteiger partial charge in [0.1, 0.15) is 12.4 Å². The number of hydrogen-bond acceptors (Lipinski definition) is 3. The van der Waals surface area contributed by atoms with E-state index in [0.717, 1.165) is 30.1 Å². The average Bonchev–Trinajstić information content (AvgIpc) is 2.85. The van der Waals surface area contributed by atoms with Crippen LogP contribution in [0.4, 0.5) is 0 Å². The molecular weight excluding hydrogens is 252 g/mol. The maximum atomic E-state index is 5.70. The van der Waals surface area contributed by atoms with Crippen molar-refractivity contribution in [3.8, 4) is 17.2 Å². The van der Waals surface area contributed by atoms with Crippen LogP contribution < -0.4 is 14.2 Å². The Balaban J connectivity index is 1.79. The summed E-state index contributed by atoms with van der Waals surface area (Å²) < 4.78 is 16.3. The SMILES string of the molecule is CC(C)=CCCC(C)=CCOc1ccc2c(c1)OCO2. The quantitative estimate of drug-likeness (QED) is 0.715. The summed E-state index contributed by atoms with van der Waals surface area (Å²) >= 11 is 0. The van der Waals surface area contributed by atoms with Gasteiger partial charge in [0.05, 0.1) is 0 Å². The molecule has 108 valence electrons. The van der Waals surface area contributed by atoms with Crippen LogP contribution in [0.3, 0.4) is 0 Å². The first kappa shape index (κ1) is 14.5. The van der Waals surface area contributed by atoms with Gasteiger partial charge in [0, 0.05) is 6.07 Å². The summed E-state index contributed by atoms with van der Waals surface area (Å²) in [5.74, 6) is 2.35. The van der Waals surface area contributed by atoms with Crippen LogP contribution in [0.15, 0.2) is 41.5 Å². The first-order valence-electron chi connectivity index (χ1n) is 6.96. The summed E-state index contributed by atoms with van der Waals surface area (Å²) in [4.78, 5) is 0. The van der Waals surface area contributed by atoms with Crippen LogP contribution >= 0.6 is 0 Å². The number of allylic oxidation sites excluding steroid dienone is 3. The van der Waals surface area contributed by atoms with Crippen molar-refractivity contribution in [3.05, 3.63) is 41.5 Å². The maximum absolute atomic E-state index is 5.70. The highest BCUT2D eigenvalue weighted by Gasteiger charge is 2.13. The van der Waals surface area contributed by atoms with Crippen molar-refractivity contribution in [2.45, 2.75) is 33.6 Å². The molecule has 0 aromatic heterocycles. The molecule has 3 heteroatoms. The van der Waals surface area contributed by atoms with E-state index in [1.165, 1.54) is 11.1 Å². The second kappa shape index (κ2) is 7.04. The molecule has 1 aliphatic rings. The van der Waals surface area contributed by atoms with E-state index in [9.17, 15) is 0 Å². The van der Waals surface area contributed by atoms with Crippen LogP contribution in [0.25, 0.3) is 0 Å². The third kappa shape index (κ3) is 4.34. The molecule has 0 aliphatic carbocycles. The van der Waals surface area contributed by atoms with Gasteiger partial charge in [-0.15, -0.1) is 0 Å². The highest BCUT2D eigenvalue weighted by atomic mass is 16.7. The minimum Gasteiger partial charge on any atom is -0.489 e. The molecule has 0 bridgehead atoms. The Hall–Kier alpha value is -1.90. The van der Waals surface area contributed by atoms with Crippen LogP contribution in [0.2, 0.25) is 0 Å². The number of benzene rings is 1. The van der Waals surface area contributed by atoms with E-state index in [2.05, 4.69) is 32.9 Å². The zero-order chi connectivity index (χ0) is 14.4. The van der Waals surface area contributed by atoms with Crippen LogP contribution in [0.1, 0.15) is 33.6 Å². The first-order valence-corrected chi connectivity index (χ1v) is 6.96. The third-order valence-corrected chi connectivity index (χ3v) is 3.12. The highest BCUT2D eigenvalue weighted by Crippen LogP contribution is 2.35. The van der Waals surface area contributed by atoms with Crippen LogP contribution in [-0.4, -0.2) is 13.4 Å². The summed E-state index contributed by atoms with van der Waals surface area (Å²) in [6, 6.07) is 5.65. The Morgan fingerprint density at radius 3 is 2.75 bits per heavy atom. The zero-order valence-corrected chi connectivity index (χ0v) is 12.4. The zero-order valence-electron chi connectivity index (χ0n) is 12.4. The Morgan fingerprint density at radius 1 is 1.15 bits per heavy atom. The molecule has 3 nitrogen and oxygen atoms in total. The van der Waals surface area contributed by atoms with Gasteiger partial charge in [-0.25, -0.2) is 0 Å². The molecule has 0 spiro atoms. The van der Waals surface area contributed by atoms with Crippen LogP contribution in [0, 0.1) is 0 Å². The molecule has 2 rings (SSSR count). The second-order valence-corrected chi connectivity index (χ2v) is 5.20. The molecule has 0 atom stereocenters. The highest BCUT2D eigenvalue weighted by molar-refractivity contribution is 5.46. The Labute approximate surface area is 120 Å². The number of hydrogen-bond donors (Lipinski definition) is 0. The molecule has 0 saturated heterocycles. The van der Waals surface area contributed by atoms with Crippen LogP contribution in [0.5, 0.6) is 17.2 Å². The molecule has 1 aliphatic heterocycles. The normalized spacial score (nSPS) is 13.2. The van der Waals surface area contributed by atoms with E-state index in [1.807, 2.05) is 18.2 Å². The lowest BCUT2D eigenvalue weighted by Gasteiger charge is -2.05. The summed E-state index contributed by atoms with van der Waals surface area (Å²) in [6.45, 7) is 7.27. The number of rotatable bonds is 6. The lowest BCUT2D eigenvalue weighted by atomic mass is 10.1. The monoisotopic (exact) mass is 274 g/mol. The van der Waals surface area contributed by atoms with E-state index in [-0.39, 0.29) is 0 Å². The predicted molar refractivity (Wildman–Crippen MR) is 80.5 cm³/mol. The molecule has 0 fully saturated rings. The summed E-state index contributed by atoms with van der Waals surface area (Å²) in [7, 11) is 0. The lowest BCUT2D eigenvalue weighted by Crippen LogP contribution is -1.95. The standard InChI is InChI=1S/C17H22O3/c1-13(2)5-4-6-14(3)9-10-18-15-7-8-16-17(11-15)20-12-19-16/h5,7-9,11H,4,6,10,12H2,1-3H3. The van der Waals surface area contributed by atoms with Gasteiger partial charge < -0.3 is 14.2 Å². The minimum absolute atomic E-state index is 0.294. The van der Waals surface area contributed by atoms with Gasteiger partial charge in [0.15, 0.2) is 11.5 Å². The summed E-state index contributed by atoms with van der Waals surface area (Å²) in [5.41, 5.74) is 2.72. The Morgan fingerprint density at radius 2 is 1.95 bits per heavy atom. The molecule has 0 radical (unpaired) electrons. The van der Waals surface area contributed by atoms with E-state index in [1.54, 1.807) is 0 Å². The molecule has 20 heavy (non-hydrogen) atoms. The third-order valence-electron chi connectivity index (χ3n) is 3.12. The van der Waals surface area contributed by atoms with E-state index < -0.39 is 0 Å². The predicted octanol–water partition coefficient (Wildman–Crippen LogP) is 4.49. The van der Waals surface area contributed by atoms with Gasteiger partial charge in [-0.3, -0.25) is 0 Å². The van der Waals surface area contributed by atoms with Crippen molar-refractivity contribution >= 4 is 0 Å². The van der Waals surface area contributed by atoms with Crippen molar-refractivity contribution in [2.24, 2.45) is 0 Å². The fourth-order valence-corrected chi connectivity index (χ4v) is 1.94. The lowest BCUT2D eigenvalue weighted by molar-refractivity contribution is 0.174. The van der Waals surface area contributed by atoms with Crippen molar-refractivity contribution < 1.29 is 14.2 Å². The Kier molecular flexibility index (Phi) is 5.10. The first-order chi connectivity index (χ1) is 9.65. The number of ether oxygens (including phenoxy) is 3. The van der Waals surface area contributed by atoms with E-state index in [0.29, 0.717) is 13.4 Å². The molecule has 1 aromatic carbocycles. The number of fused-ring (bicyclic) bond motifs is 1. The van der Waals surface area contributed by atoms with E-state index in [4.69, 9.17) is 14.2 Å². The molecule has 0 unspecified atom stereocenters. The molecule has 0 saturated carbocycles.